The number of nitrogens with one attached hydrogen (secondary N) is 1. The molecule has 1 fully saturated rings. The van der Waals surface area contributed by atoms with E-state index in [2.05, 4.69) is 15.3 Å². The zero-order valence-electron chi connectivity index (χ0n) is 14.5. The Morgan fingerprint density at radius 2 is 2.04 bits per heavy atom. The number of benzene rings is 1. The molecule has 1 aliphatic heterocycles. The van der Waals surface area contributed by atoms with Crippen LogP contribution in [-0.4, -0.2) is 57.0 Å². The monoisotopic (exact) mass is 370 g/mol. The number of amides is 3. The van der Waals surface area contributed by atoms with Crippen molar-refractivity contribution in [1.82, 2.24) is 14.9 Å². The first-order valence-electron chi connectivity index (χ1n) is 8.23. The van der Waals surface area contributed by atoms with Crippen molar-refractivity contribution < 1.29 is 24.2 Å². The number of ether oxygens (including phenoxy) is 1. The van der Waals surface area contributed by atoms with Crippen LogP contribution in [0.2, 0.25) is 0 Å². The highest BCUT2D eigenvalue weighted by Crippen LogP contribution is 2.25. The van der Waals surface area contributed by atoms with E-state index in [0.717, 1.165) is 4.90 Å². The van der Waals surface area contributed by atoms with Crippen LogP contribution < -0.4 is 5.32 Å². The first-order valence-corrected chi connectivity index (χ1v) is 8.23. The number of carbonyl (C=O) groups is 3. The Balaban J connectivity index is 1.71. The molecule has 0 saturated carbocycles. The second kappa shape index (κ2) is 8.02. The third kappa shape index (κ3) is 4.15. The predicted octanol–water partition coefficient (Wildman–Crippen LogP) is 0.536. The van der Waals surface area contributed by atoms with E-state index >= 15 is 0 Å². The van der Waals surface area contributed by atoms with Gasteiger partial charge in [0.1, 0.15) is 18.4 Å². The average molecular weight is 370 g/mol. The lowest BCUT2D eigenvalue weighted by Crippen LogP contribution is -2.54. The lowest BCUT2D eigenvalue weighted by molar-refractivity contribution is -0.163. The van der Waals surface area contributed by atoms with E-state index in [4.69, 9.17) is 4.74 Å². The van der Waals surface area contributed by atoms with E-state index < -0.39 is 29.9 Å². The molecule has 27 heavy (non-hydrogen) atoms. The molecule has 1 saturated heterocycles. The van der Waals surface area contributed by atoms with Crippen molar-refractivity contribution in [2.75, 3.05) is 18.5 Å². The third-order valence-electron chi connectivity index (χ3n) is 4.12. The molecule has 0 unspecified atom stereocenters. The van der Waals surface area contributed by atoms with Crippen molar-refractivity contribution in [3.8, 4) is 0 Å². The molecule has 1 aromatic heterocycles. The van der Waals surface area contributed by atoms with Gasteiger partial charge in [0.15, 0.2) is 0 Å². The Kier molecular flexibility index (Phi) is 5.53. The summed E-state index contributed by atoms with van der Waals surface area (Å²) in [5.74, 6) is -1.34. The van der Waals surface area contributed by atoms with Crippen LogP contribution in [0.25, 0.3) is 0 Å². The summed E-state index contributed by atoms with van der Waals surface area (Å²) in [6.07, 6.45) is 3.13. The van der Waals surface area contributed by atoms with Crippen LogP contribution in [0.15, 0.2) is 42.9 Å². The molecule has 2 aromatic rings. The average Bonchev–Trinajstić information content (AvgIpc) is 2.68. The number of aliphatic hydroxyl groups excluding tert-OH is 1. The number of hydrogen-bond acceptors (Lipinski definition) is 7. The van der Waals surface area contributed by atoms with Crippen LogP contribution in [0.3, 0.4) is 0 Å². The Morgan fingerprint density at radius 3 is 2.67 bits per heavy atom. The van der Waals surface area contributed by atoms with Gasteiger partial charge in [-0.15, -0.1) is 0 Å². The smallest absolute Gasteiger partial charge is 0.275 e. The number of hydrogen-bond donors (Lipinski definition) is 2. The highest BCUT2D eigenvalue weighted by molar-refractivity contribution is 6.02. The molecule has 9 nitrogen and oxygen atoms in total. The Hall–Kier alpha value is -3.17. The van der Waals surface area contributed by atoms with Crippen LogP contribution in [0, 0.1) is 0 Å². The van der Waals surface area contributed by atoms with Gasteiger partial charge in [0.2, 0.25) is 5.91 Å². The quantitative estimate of drug-likeness (QED) is 0.805. The molecule has 2 N–H and O–H groups in total. The van der Waals surface area contributed by atoms with Crippen molar-refractivity contribution >= 4 is 23.4 Å². The minimum absolute atomic E-state index is 0.0532. The molecule has 0 spiro atoms. The standard InChI is InChI=1S/C18H18N4O5/c1-11(23)22-15(9-27-10-16(22)24)17(25)12-2-4-13(5-3-12)21-18(26)14-8-19-6-7-20-14/h2-8,15,17,25H,9-10H2,1H3,(H,21,26)/t15-,17-/m1/s1. The van der Waals surface area contributed by atoms with Gasteiger partial charge in [-0.3, -0.25) is 24.3 Å². The molecule has 0 aliphatic carbocycles. The van der Waals surface area contributed by atoms with Gasteiger partial charge < -0.3 is 15.2 Å². The van der Waals surface area contributed by atoms with Gasteiger partial charge in [0.25, 0.3) is 11.8 Å². The van der Waals surface area contributed by atoms with Crippen molar-refractivity contribution in [3.63, 3.8) is 0 Å². The molecule has 140 valence electrons. The lowest BCUT2D eigenvalue weighted by Gasteiger charge is -2.36. The summed E-state index contributed by atoms with van der Waals surface area (Å²) >= 11 is 0. The zero-order valence-corrected chi connectivity index (χ0v) is 14.5. The Morgan fingerprint density at radius 1 is 1.30 bits per heavy atom. The van der Waals surface area contributed by atoms with Crippen LogP contribution in [0.1, 0.15) is 29.1 Å². The topological polar surface area (TPSA) is 122 Å². The number of rotatable bonds is 4. The van der Waals surface area contributed by atoms with Crippen molar-refractivity contribution in [3.05, 3.63) is 54.1 Å². The molecule has 2 atom stereocenters. The van der Waals surface area contributed by atoms with Crippen molar-refractivity contribution in [2.24, 2.45) is 0 Å². The normalized spacial score (nSPS) is 18.1. The summed E-state index contributed by atoms with van der Waals surface area (Å²) in [5.41, 5.74) is 1.17. The predicted molar refractivity (Wildman–Crippen MR) is 93.5 cm³/mol. The van der Waals surface area contributed by atoms with E-state index in [9.17, 15) is 19.5 Å². The summed E-state index contributed by atoms with van der Waals surface area (Å²) in [7, 11) is 0. The van der Waals surface area contributed by atoms with Gasteiger partial charge in [-0.05, 0) is 17.7 Å². The number of imide groups is 1. The van der Waals surface area contributed by atoms with E-state index in [1.54, 1.807) is 24.3 Å². The highest BCUT2D eigenvalue weighted by Gasteiger charge is 2.37. The minimum atomic E-state index is -1.11. The van der Waals surface area contributed by atoms with Crippen molar-refractivity contribution in [1.29, 1.82) is 0 Å². The minimum Gasteiger partial charge on any atom is -0.386 e. The van der Waals surface area contributed by atoms with E-state index in [-0.39, 0.29) is 18.9 Å². The summed E-state index contributed by atoms with van der Waals surface area (Å²) in [4.78, 5) is 44.5. The molecular weight excluding hydrogens is 352 g/mol. The summed E-state index contributed by atoms with van der Waals surface area (Å²) in [5, 5.41) is 13.3. The van der Waals surface area contributed by atoms with E-state index in [0.29, 0.717) is 11.3 Å². The van der Waals surface area contributed by atoms with E-state index in [1.165, 1.54) is 25.5 Å². The number of carbonyl (C=O) groups excluding carboxylic acids is 3. The molecule has 0 radical (unpaired) electrons. The zero-order chi connectivity index (χ0) is 19.4. The first-order chi connectivity index (χ1) is 13.0. The third-order valence-corrected chi connectivity index (χ3v) is 4.12. The van der Waals surface area contributed by atoms with Gasteiger partial charge in [-0.25, -0.2) is 4.98 Å². The molecular formula is C18H18N4O5. The summed E-state index contributed by atoms with van der Waals surface area (Å²) in [6.45, 7) is 1.14. The number of aromatic nitrogens is 2. The Bertz CT molecular complexity index is 841. The number of aliphatic hydroxyl groups is 1. The molecule has 3 amide bonds. The molecule has 3 rings (SSSR count). The molecule has 2 heterocycles. The largest absolute Gasteiger partial charge is 0.386 e. The maximum Gasteiger partial charge on any atom is 0.275 e. The van der Waals surface area contributed by atoms with Crippen LogP contribution in [-0.2, 0) is 14.3 Å². The van der Waals surface area contributed by atoms with Gasteiger partial charge in [-0.1, -0.05) is 12.1 Å². The highest BCUT2D eigenvalue weighted by atomic mass is 16.5. The molecule has 0 bridgehead atoms. The summed E-state index contributed by atoms with van der Waals surface area (Å²) in [6, 6.07) is 5.62. The fourth-order valence-corrected chi connectivity index (χ4v) is 2.83. The fourth-order valence-electron chi connectivity index (χ4n) is 2.83. The van der Waals surface area contributed by atoms with Crippen LogP contribution in [0.5, 0.6) is 0 Å². The van der Waals surface area contributed by atoms with Gasteiger partial charge >= 0.3 is 0 Å². The van der Waals surface area contributed by atoms with Gasteiger partial charge in [0.05, 0.1) is 18.8 Å². The molecule has 1 aliphatic rings. The number of morpholine rings is 1. The molecule has 1 aromatic carbocycles. The maximum absolute atomic E-state index is 12.1. The Labute approximate surface area is 155 Å². The fraction of sp³-hybridized carbons (Fsp3) is 0.278. The SMILES string of the molecule is CC(=O)N1C(=O)COC[C@@H]1[C@H](O)c1ccc(NC(=O)c2cnccn2)cc1. The lowest BCUT2D eigenvalue weighted by atomic mass is 10.00. The van der Waals surface area contributed by atoms with Gasteiger partial charge in [-0.2, -0.15) is 0 Å². The second-order valence-electron chi connectivity index (χ2n) is 5.98. The number of nitrogens with zero attached hydrogens (tertiary/aromatic N) is 3. The number of anilines is 1. The van der Waals surface area contributed by atoms with Gasteiger partial charge in [0, 0.05) is 25.0 Å². The van der Waals surface area contributed by atoms with Crippen LogP contribution >= 0.6 is 0 Å². The first kappa shape index (κ1) is 18.6. The maximum atomic E-state index is 12.1. The van der Waals surface area contributed by atoms with Crippen LogP contribution in [0.4, 0.5) is 5.69 Å². The van der Waals surface area contributed by atoms with Crippen molar-refractivity contribution in [2.45, 2.75) is 19.1 Å². The van der Waals surface area contributed by atoms with E-state index in [1.807, 2.05) is 0 Å². The molecule has 9 heteroatoms. The summed E-state index contributed by atoms with van der Waals surface area (Å²) < 4.78 is 5.17. The second-order valence-corrected chi connectivity index (χ2v) is 5.98.